The molecule has 1 aliphatic rings. The molecule has 0 bridgehead atoms. The topological polar surface area (TPSA) is 77.8 Å². The quantitative estimate of drug-likeness (QED) is 0.855. The first-order valence-electron chi connectivity index (χ1n) is 7.97. The van der Waals surface area contributed by atoms with Crippen LogP contribution in [0.25, 0.3) is 0 Å². The number of halogens is 1. The lowest BCUT2D eigenvalue weighted by Crippen LogP contribution is -2.54. The van der Waals surface area contributed by atoms with E-state index in [9.17, 15) is 18.6 Å². The Morgan fingerprint density at radius 1 is 1.12 bits per heavy atom. The Balaban J connectivity index is 1.83. The number of aliphatic hydroxyl groups is 2. The number of hydrogen-bond acceptors (Lipinski definition) is 4. The molecule has 1 fully saturated rings. The summed E-state index contributed by atoms with van der Waals surface area (Å²) >= 11 is 5.86. The van der Waals surface area contributed by atoms with Crippen LogP contribution in [0.1, 0.15) is 17.5 Å². The smallest absolute Gasteiger partial charge is 0.243 e. The maximum atomic E-state index is 12.8. The van der Waals surface area contributed by atoms with Gasteiger partial charge < -0.3 is 10.2 Å². The van der Waals surface area contributed by atoms with Crippen LogP contribution >= 0.6 is 11.6 Å². The van der Waals surface area contributed by atoms with Crippen molar-refractivity contribution < 1.29 is 18.6 Å². The summed E-state index contributed by atoms with van der Waals surface area (Å²) in [4.78, 5) is 0.183. The van der Waals surface area contributed by atoms with Crippen molar-refractivity contribution >= 4 is 21.6 Å². The van der Waals surface area contributed by atoms with Crippen molar-refractivity contribution in [3.63, 3.8) is 0 Å². The van der Waals surface area contributed by atoms with Crippen LogP contribution < -0.4 is 0 Å². The number of hydrogen-bond donors (Lipinski definition) is 2. The van der Waals surface area contributed by atoms with E-state index in [0.29, 0.717) is 10.6 Å². The lowest BCUT2D eigenvalue weighted by atomic mass is 9.83. The Kier molecular flexibility index (Phi) is 4.92. The van der Waals surface area contributed by atoms with Gasteiger partial charge in [0, 0.05) is 18.1 Å². The van der Waals surface area contributed by atoms with Gasteiger partial charge in [-0.05, 0) is 43.2 Å². The van der Waals surface area contributed by atoms with Gasteiger partial charge in [0.05, 0.1) is 4.90 Å². The minimum Gasteiger partial charge on any atom is -0.388 e. The normalized spacial score (nSPS) is 25.0. The van der Waals surface area contributed by atoms with Gasteiger partial charge in [0.2, 0.25) is 10.0 Å². The molecule has 0 amide bonds. The second kappa shape index (κ2) is 6.70. The molecule has 2 atom stereocenters. The van der Waals surface area contributed by atoms with Crippen LogP contribution in [0.3, 0.4) is 0 Å². The first-order valence-corrected chi connectivity index (χ1v) is 9.78. The summed E-state index contributed by atoms with van der Waals surface area (Å²) in [6, 6.07) is 13.1. The van der Waals surface area contributed by atoms with Gasteiger partial charge in [0.25, 0.3) is 0 Å². The fraction of sp³-hybridized carbons (Fsp3) is 0.333. The van der Waals surface area contributed by atoms with Crippen LogP contribution in [0, 0.1) is 6.92 Å². The van der Waals surface area contributed by atoms with E-state index in [0.717, 1.165) is 5.56 Å². The zero-order chi connectivity index (χ0) is 18.2. The molecule has 2 aromatic rings. The van der Waals surface area contributed by atoms with Gasteiger partial charge in [-0.2, -0.15) is 4.31 Å². The molecule has 3 rings (SSSR count). The molecule has 1 heterocycles. The first-order chi connectivity index (χ1) is 11.7. The van der Waals surface area contributed by atoms with Crippen LogP contribution in [-0.4, -0.2) is 42.1 Å². The molecule has 5 nitrogen and oxygen atoms in total. The number of piperidine rings is 1. The van der Waals surface area contributed by atoms with Gasteiger partial charge in [-0.3, -0.25) is 0 Å². The molecule has 0 unspecified atom stereocenters. The van der Waals surface area contributed by atoms with Crippen molar-refractivity contribution in [3.8, 4) is 0 Å². The number of aryl methyl sites for hydroxylation is 1. The van der Waals surface area contributed by atoms with E-state index in [-0.39, 0.29) is 24.4 Å². The third-order valence-electron chi connectivity index (χ3n) is 4.67. The molecular weight excluding hydrogens is 362 g/mol. The number of sulfonamides is 1. The Morgan fingerprint density at radius 3 is 2.28 bits per heavy atom. The predicted molar refractivity (Wildman–Crippen MR) is 95.9 cm³/mol. The monoisotopic (exact) mass is 381 g/mol. The van der Waals surface area contributed by atoms with Crippen LogP contribution in [0.15, 0.2) is 53.4 Å². The highest BCUT2D eigenvalue weighted by Gasteiger charge is 2.45. The van der Waals surface area contributed by atoms with Crippen LogP contribution in [-0.2, 0) is 15.6 Å². The van der Waals surface area contributed by atoms with Crippen molar-refractivity contribution in [1.82, 2.24) is 4.31 Å². The third kappa shape index (κ3) is 3.45. The average Bonchev–Trinajstić information content (AvgIpc) is 2.58. The molecule has 0 aromatic heterocycles. The minimum atomic E-state index is -3.71. The zero-order valence-electron chi connectivity index (χ0n) is 13.8. The second-order valence-corrected chi connectivity index (χ2v) is 8.75. The number of β-amino-alcohol motifs (C(OH)–C–C–N with tert-alkyl or cyclic N) is 1. The Hall–Kier alpha value is -1.44. The number of aliphatic hydroxyl groups excluding tert-OH is 1. The molecular formula is C18H20ClNO4S. The minimum absolute atomic E-state index is 0.0981. The molecule has 25 heavy (non-hydrogen) atoms. The summed E-state index contributed by atoms with van der Waals surface area (Å²) in [5.41, 5.74) is -0.00399. The van der Waals surface area contributed by atoms with E-state index in [1.807, 2.05) is 6.92 Å². The summed E-state index contributed by atoms with van der Waals surface area (Å²) in [5.74, 6) is 0. The van der Waals surface area contributed by atoms with E-state index in [4.69, 9.17) is 11.6 Å². The largest absolute Gasteiger partial charge is 0.388 e. The van der Waals surface area contributed by atoms with Gasteiger partial charge in [-0.25, -0.2) is 8.42 Å². The van der Waals surface area contributed by atoms with Gasteiger partial charge in [0.1, 0.15) is 11.7 Å². The Bertz CT molecular complexity index is 852. The molecule has 2 aromatic carbocycles. The molecule has 0 radical (unpaired) electrons. The SMILES string of the molecule is Cc1ccc(S(=O)(=O)N2CC[C@@](O)(c3ccc(Cl)cc3)[C@@H](O)C2)cc1. The van der Waals surface area contributed by atoms with E-state index in [1.54, 1.807) is 48.5 Å². The number of benzene rings is 2. The van der Waals surface area contributed by atoms with Crippen LogP contribution in [0.5, 0.6) is 0 Å². The molecule has 0 spiro atoms. The van der Waals surface area contributed by atoms with Crippen molar-refractivity contribution in [3.05, 3.63) is 64.7 Å². The van der Waals surface area contributed by atoms with E-state index in [2.05, 4.69) is 0 Å². The summed E-state index contributed by atoms with van der Waals surface area (Å²) < 4.78 is 26.7. The van der Waals surface area contributed by atoms with E-state index < -0.39 is 21.7 Å². The fourth-order valence-corrected chi connectivity index (χ4v) is 4.62. The Morgan fingerprint density at radius 2 is 1.72 bits per heavy atom. The van der Waals surface area contributed by atoms with Crippen molar-refractivity contribution in [2.45, 2.75) is 29.9 Å². The predicted octanol–water partition coefficient (Wildman–Crippen LogP) is 2.29. The lowest BCUT2D eigenvalue weighted by molar-refractivity contribution is -0.112. The van der Waals surface area contributed by atoms with Crippen molar-refractivity contribution in [2.75, 3.05) is 13.1 Å². The average molecular weight is 382 g/mol. The molecule has 2 N–H and O–H groups in total. The fourth-order valence-electron chi connectivity index (χ4n) is 3.05. The molecule has 1 saturated heterocycles. The maximum Gasteiger partial charge on any atom is 0.243 e. The molecule has 7 heteroatoms. The highest BCUT2D eigenvalue weighted by atomic mass is 35.5. The summed E-state index contributed by atoms with van der Waals surface area (Å²) in [6.07, 6.45) is -1.14. The Labute approximate surface area is 152 Å². The summed E-state index contributed by atoms with van der Waals surface area (Å²) in [5, 5.41) is 21.9. The zero-order valence-corrected chi connectivity index (χ0v) is 15.3. The van der Waals surface area contributed by atoms with Gasteiger partial charge in [-0.1, -0.05) is 41.4 Å². The molecule has 0 aliphatic carbocycles. The maximum absolute atomic E-state index is 12.8. The number of rotatable bonds is 3. The van der Waals surface area contributed by atoms with Crippen molar-refractivity contribution in [2.24, 2.45) is 0 Å². The van der Waals surface area contributed by atoms with Gasteiger partial charge in [-0.15, -0.1) is 0 Å². The first kappa shape index (κ1) is 18.4. The van der Waals surface area contributed by atoms with Crippen molar-refractivity contribution in [1.29, 1.82) is 0 Å². The van der Waals surface area contributed by atoms with Gasteiger partial charge >= 0.3 is 0 Å². The van der Waals surface area contributed by atoms with E-state index in [1.165, 1.54) is 4.31 Å². The summed E-state index contributed by atoms with van der Waals surface area (Å²) in [6.45, 7) is 1.83. The summed E-state index contributed by atoms with van der Waals surface area (Å²) in [7, 11) is -3.71. The molecule has 134 valence electrons. The van der Waals surface area contributed by atoms with Gasteiger partial charge in [0.15, 0.2) is 0 Å². The highest BCUT2D eigenvalue weighted by molar-refractivity contribution is 7.89. The molecule has 1 aliphatic heterocycles. The van der Waals surface area contributed by atoms with Crippen LogP contribution in [0.4, 0.5) is 0 Å². The standard InChI is InChI=1S/C18H20ClNO4S/c1-13-2-8-16(9-3-13)25(23,24)20-11-10-18(22,17(21)12-20)14-4-6-15(19)7-5-14/h2-9,17,21-22H,10-12H2,1H3/t17-,18+/m0/s1. The number of nitrogens with zero attached hydrogens (tertiary/aromatic N) is 1. The lowest BCUT2D eigenvalue weighted by Gasteiger charge is -2.41. The van der Waals surface area contributed by atoms with E-state index >= 15 is 0 Å². The third-order valence-corrected chi connectivity index (χ3v) is 6.80. The molecule has 0 saturated carbocycles. The van der Waals surface area contributed by atoms with Crippen LogP contribution in [0.2, 0.25) is 5.02 Å². The highest BCUT2D eigenvalue weighted by Crippen LogP contribution is 2.35. The second-order valence-electron chi connectivity index (χ2n) is 6.37.